The molecule has 1 heterocycles. The van der Waals surface area contributed by atoms with Crippen molar-refractivity contribution in [1.82, 2.24) is 4.57 Å². The van der Waals surface area contributed by atoms with Gasteiger partial charge in [-0.1, -0.05) is 22.9 Å². The summed E-state index contributed by atoms with van der Waals surface area (Å²) in [6.07, 6.45) is 2.93. The van der Waals surface area contributed by atoms with Gasteiger partial charge in [0.2, 0.25) is 0 Å². The molecule has 0 unspecified atom stereocenters. The molecule has 0 aliphatic carbocycles. The van der Waals surface area contributed by atoms with E-state index in [2.05, 4.69) is 4.99 Å². The van der Waals surface area contributed by atoms with Crippen LogP contribution >= 0.6 is 22.9 Å². The Morgan fingerprint density at radius 1 is 1.31 bits per heavy atom. The van der Waals surface area contributed by atoms with Crippen molar-refractivity contribution >= 4 is 50.8 Å². The maximum atomic E-state index is 12.2. The molecule has 0 aliphatic heterocycles. The molecule has 0 fully saturated rings. The summed E-state index contributed by atoms with van der Waals surface area (Å²) in [6, 6.07) is 11.5. The van der Waals surface area contributed by atoms with Crippen molar-refractivity contribution in [3.8, 4) is 0 Å². The highest BCUT2D eigenvalue weighted by molar-refractivity contribution is 7.16. The van der Waals surface area contributed by atoms with Gasteiger partial charge in [-0.05, 0) is 48.9 Å². The van der Waals surface area contributed by atoms with E-state index in [1.165, 1.54) is 29.5 Å². The van der Waals surface area contributed by atoms with E-state index in [1.807, 2.05) is 29.7 Å². The molecule has 1 amide bonds. The molecule has 0 aliphatic rings. The molecule has 0 atom stereocenters. The number of benzene rings is 2. The van der Waals surface area contributed by atoms with E-state index in [-0.39, 0.29) is 5.69 Å². The third kappa shape index (κ3) is 3.89. The quantitative estimate of drug-likeness (QED) is 0.377. The third-order valence-electron chi connectivity index (χ3n) is 3.69. The zero-order chi connectivity index (χ0) is 18.7. The van der Waals surface area contributed by atoms with Crippen LogP contribution in [0.5, 0.6) is 0 Å². The first kappa shape index (κ1) is 18.0. The van der Waals surface area contributed by atoms with E-state index in [4.69, 9.17) is 11.6 Å². The molecule has 3 aromatic rings. The molecule has 3 rings (SSSR count). The zero-order valence-electron chi connectivity index (χ0n) is 13.8. The lowest BCUT2D eigenvalue weighted by Gasteiger charge is -1.99. The van der Waals surface area contributed by atoms with Crippen LogP contribution in [0.1, 0.15) is 12.5 Å². The molecule has 6 nitrogen and oxygen atoms in total. The van der Waals surface area contributed by atoms with E-state index in [0.29, 0.717) is 21.9 Å². The number of amides is 1. The van der Waals surface area contributed by atoms with Crippen LogP contribution in [-0.2, 0) is 11.3 Å². The number of aromatic nitrogens is 1. The average Bonchev–Trinajstić information content (AvgIpc) is 2.96. The number of nitro benzene ring substituents is 1. The van der Waals surface area contributed by atoms with Crippen molar-refractivity contribution in [3.05, 3.63) is 74.0 Å². The zero-order valence-corrected chi connectivity index (χ0v) is 15.3. The van der Waals surface area contributed by atoms with Gasteiger partial charge in [0.1, 0.15) is 0 Å². The molecular formula is C18H14ClN3O3S. The summed E-state index contributed by atoms with van der Waals surface area (Å²) in [5, 5.41) is 11.3. The summed E-state index contributed by atoms with van der Waals surface area (Å²) in [7, 11) is 0. The number of halogens is 1. The minimum atomic E-state index is -0.467. The number of nitrogens with zero attached hydrogens (tertiary/aromatic N) is 3. The highest BCUT2D eigenvalue weighted by Crippen LogP contribution is 2.21. The van der Waals surface area contributed by atoms with Crippen LogP contribution in [0.3, 0.4) is 0 Å². The third-order valence-corrected chi connectivity index (χ3v) is 4.97. The Kier molecular flexibility index (Phi) is 5.29. The first-order chi connectivity index (χ1) is 12.5. The van der Waals surface area contributed by atoms with Gasteiger partial charge in [0.15, 0.2) is 4.80 Å². The Morgan fingerprint density at radius 3 is 2.69 bits per heavy atom. The highest BCUT2D eigenvalue weighted by Gasteiger charge is 2.06. The van der Waals surface area contributed by atoms with Crippen molar-refractivity contribution in [2.24, 2.45) is 4.99 Å². The van der Waals surface area contributed by atoms with E-state index in [0.717, 1.165) is 10.2 Å². The van der Waals surface area contributed by atoms with Gasteiger partial charge in [-0.3, -0.25) is 14.9 Å². The highest BCUT2D eigenvalue weighted by atomic mass is 35.5. The Labute approximate surface area is 157 Å². The Balaban J connectivity index is 1.88. The summed E-state index contributed by atoms with van der Waals surface area (Å²) < 4.78 is 2.92. The van der Waals surface area contributed by atoms with E-state index >= 15 is 0 Å². The number of hydrogen-bond donors (Lipinski definition) is 0. The lowest BCUT2D eigenvalue weighted by atomic mass is 10.2. The molecule has 0 spiro atoms. The predicted octanol–water partition coefficient (Wildman–Crippen LogP) is 4.43. The van der Waals surface area contributed by atoms with Crippen LogP contribution in [0.2, 0.25) is 5.02 Å². The van der Waals surface area contributed by atoms with E-state index in [1.54, 1.807) is 18.2 Å². The lowest BCUT2D eigenvalue weighted by molar-refractivity contribution is -0.384. The summed E-state index contributed by atoms with van der Waals surface area (Å²) in [4.78, 5) is 27.1. The number of nitro groups is 1. The minimum Gasteiger partial charge on any atom is -0.317 e. The van der Waals surface area contributed by atoms with E-state index < -0.39 is 10.8 Å². The van der Waals surface area contributed by atoms with Gasteiger partial charge in [-0.15, -0.1) is 0 Å². The summed E-state index contributed by atoms with van der Waals surface area (Å²) in [6.45, 7) is 2.66. The van der Waals surface area contributed by atoms with E-state index in [9.17, 15) is 14.9 Å². The fraction of sp³-hybridized carbons (Fsp3) is 0.111. The van der Waals surface area contributed by atoms with Crippen LogP contribution < -0.4 is 4.80 Å². The number of thiazole rings is 1. The van der Waals surface area contributed by atoms with Crippen molar-refractivity contribution < 1.29 is 9.72 Å². The first-order valence-corrected chi connectivity index (χ1v) is 8.97. The Hall–Kier alpha value is -2.77. The molecule has 0 radical (unpaired) electrons. The Morgan fingerprint density at radius 2 is 2.04 bits per heavy atom. The van der Waals surface area contributed by atoms with Crippen molar-refractivity contribution in [2.75, 3.05) is 0 Å². The second-order valence-corrected chi connectivity index (χ2v) is 6.82. The maximum absolute atomic E-state index is 12.2. The smallest absolute Gasteiger partial charge is 0.272 e. The monoisotopic (exact) mass is 387 g/mol. The van der Waals surface area contributed by atoms with Crippen molar-refractivity contribution in [1.29, 1.82) is 0 Å². The van der Waals surface area contributed by atoms with Crippen molar-refractivity contribution in [2.45, 2.75) is 13.5 Å². The standard InChI is InChI=1S/C18H14ClN3O3S/c1-2-21-15-9-6-13(19)11-16(15)26-18(21)20-17(23)10-5-12-3-7-14(8-4-12)22(24)25/h3-11H,2H2,1H3. The summed E-state index contributed by atoms with van der Waals surface area (Å²) >= 11 is 7.42. The summed E-state index contributed by atoms with van der Waals surface area (Å²) in [5.41, 5.74) is 1.67. The van der Waals surface area contributed by atoms with Crippen LogP contribution in [0.4, 0.5) is 5.69 Å². The minimum absolute atomic E-state index is 0.00564. The van der Waals surface area contributed by atoms with Gasteiger partial charge in [0.25, 0.3) is 11.6 Å². The average molecular weight is 388 g/mol. The van der Waals surface area contributed by atoms with Gasteiger partial charge >= 0.3 is 0 Å². The number of aryl methyl sites for hydroxylation is 1. The van der Waals surface area contributed by atoms with Crippen LogP contribution in [0.15, 0.2) is 53.5 Å². The molecule has 0 bridgehead atoms. The van der Waals surface area contributed by atoms with Gasteiger partial charge in [-0.25, -0.2) is 0 Å². The van der Waals surface area contributed by atoms with Gasteiger partial charge in [0, 0.05) is 29.8 Å². The first-order valence-electron chi connectivity index (χ1n) is 7.78. The summed E-state index contributed by atoms with van der Waals surface area (Å²) in [5.74, 6) is -0.400. The second kappa shape index (κ2) is 7.63. The van der Waals surface area contributed by atoms with Gasteiger partial charge < -0.3 is 4.57 Å². The second-order valence-electron chi connectivity index (χ2n) is 5.37. The fourth-order valence-electron chi connectivity index (χ4n) is 2.44. The van der Waals surface area contributed by atoms with Crippen LogP contribution in [0.25, 0.3) is 16.3 Å². The number of carbonyl (C=O) groups is 1. The van der Waals surface area contributed by atoms with Crippen LogP contribution in [-0.4, -0.2) is 15.4 Å². The molecule has 0 saturated heterocycles. The molecule has 2 aromatic carbocycles. The normalized spacial score (nSPS) is 12.2. The number of rotatable bonds is 4. The molecule has 0 N–H and O–H groups in total. The maximum Gasteiger partial charge on any atom is 0.272 e. The molecule has 132 valence electrons. The van der Waals surface area contributed by atoms with Crippen molar-refractivity contribution in [3.63, 3.8) is 0 Å². The lowest BCUT2D eigenvalue weighted by Crippen LogP contribution is -2.15. The molecule has 26 heavy (non-hydrogen) atoms. The molecule has 8 heteroatoms. The molecule has 0 saturated carbocycles. The fourth-order valence-corrected chi connectivity index (χ4v) is 3.82. The number of hydrogen-bond acceptors (Lipinski definition) is 4. The number of fused-ring (bicyclic) bond motifs is 1. The molecule has 1 aromatic heterocycles. The largest absolute Gasteiger partial charge is 0.317 e. The van der Waals surface area contributed by atoms with Gasteiger partial charge in [0.05, 0.1) is 15.1 Å². The predicted molar refractivity (Wildman–Crippen MR) is 103 cm³/mol. The SMILES string of the molecule is CCn1c(=NC(=O)C=Cc2ccc([N+](=O)[O-])cc2)sc2cc(Cl)ccc21. The molecular weight excluding hydrogens is 374 g/mol. The topological polar surface area (TPSA) is 77.5 Å². The Bertz CT molecular complexity index is 1080. The number of carbonyl (C=O) groups excluding carboxylic acids is 1. The number of non-ortho nitro benzene ring substituents is 1. The van der Waals surface area contributed by atoms with Crippen LogP contribution in [0, 0.1) is 10.1 Å². The van der Waals surface area contributed by atoms with Gasteiger partial charge in [-0.2, -0.15) is 4.99 Å².